The molecule has 0 radical (unpaired) electrons. The maximum absolute atomic E-state index is 12.9. The molecular formula is C22H30N6O8. The smallest absolute Gasteiger partial charge is 0.328 e. The van der Waals surface area contributed by atoms with Gasteiger partial charge in [-0.05, 0) is 18.1 Å². The van der Waals surface area contributed by atoms with E-state index in [0.717, 1.165) is 10.9 Å². The highest BCUT2D eigenvalue weighted by Crippen LogP contribution is 2.19. The number of carboxylic acids is 1. The Morgan fingerprint density at radius 3 is 2.08 bits per heavy atom. The molecule has 196 valence electrons. The number of H-pyrrole nitrogens is 1. The number of primary amides is 1. The number of nitrogens with two attached hydrogens (primary N) is 2. The number of aliphatic hydroxyl groups is 2. The number of hydrogen-bond donors (Lipinski definition) is 9. The van der Waals surface area contributed by atoms with Crippen LogP contribution in [-0.2, 0) is 30.4 Å². The third kappa shape index (κ3) is 7.76. The zero-order valence-corrected chi connectivity index (χ0v) is 19.3. The predicted molar refractivity (Wildman–Crippen MR) is 126 cm³/mol. The van der Waals surface area contributed by atoms with Gasteiger partial charge in [0.25, 0.3) is 0 Å². The van der Waals surface area contributed by atoms with Crippen LogP contribution in [0.1, 0.15) is 18.4 Å². The van der Waals surface area contributed by atoms with Crippen molar-refractivity contribution >= 4 is 40.5 Å². The Morgan fingerprint density at radius 2 is 1.47 bits per heavy atom. The number of nitrogens with one attached hydrogen (secondary N) is 4. The number of aromatic nitrogens is 1. The molecule has 0 fully saturated rings. The van der Waals surface area contributed by atoms with Gasteiger partial charge in [-0.1, -0.05) is 18.2 Å². The number of benzene rings is 1. The van der Waals surface area contributed by atoms with Gasteiger partial charge in [-0.2, -0.15) is 0 Å². The lowest BCUT2D eigenvalue weighted by molar-refractivity contribution is -0.143. The van der Waals surface area contributed by atoms with Crippen LogP contribution in [0.4, 0.5) is 0 Å². The summed E-state index contributed by atoms with van der Waals surface area (Å²) in [5, 5.41) is 35.6. The van der Waals surface area contributed by atoms with Crippen LogP contribution in [0.5, 0.6) is 0 Å². The summed E-state index contributed by atoms with van der Waals surface area (Å²) < 4.78 is 0. The molecule has 0 aliphatic rings. The Bertz CT molecular complexity index is 1100. The molecule has 1 aromatic carbocycles. The van der Waals surface area contributed by atoms with E-state index in [1.165, 1.54) is 0 Å². The summed E-state index contributed by atoms with van der Waals surface area (Å²) in [6, 6.07) is 1.55. The second-order valence-electron chi connectivity index (χ2n) is 8.06. The molecule has 14 nitrogen and oxygen atoms in total. The number of carbonyl (C=O) groups is 5. The quantitative estimate of drug-likeness (QED) is 0.125. The van der Waals surface area contributed by atoms with Crippen molar-refractivity contribution in [3.05, 3.63) is 36.0 Å². The lowest BCUT2D eigenvalue weighted by Crippen LogP contribution is -2.58. The van der Waals surface area contributed by atoms with Crippen molar-refractivity contribution in [2.75, 3.05) is 13.2 Å². The molecule has 0 saturated heterocycles. The molecule has 1 aromatic heterocycles. The zero-order chi connectivity index (χ0) is 26.8. The van der Waals surface area contributed by atoms with Gasteiger partial charge in [0.05, 0.1) is 19.3 Å². The Hall–Kier alpha value is -4.01. The number of carboxylic acid groups (broad SMARTS) is 1. The van der Waals surface area contributed by atoms with Crippen LogP contribution in [-0.4, -0.2) is 87.3 Å². The van der Waals surface area contributed by atoms with E-state index in [2.05, 4.69) is 20.9 Å². The van der Waals surface area contributed by atoms with Crippen molar-refractivity contribution in [2.45, 2.75) is 43.4 Å². The first-order chi connectivity index (χ1) is 17.1. The fourth-order valence-corrected chi connectivity index (χ4v) is 3.36. The Kier molecular flexibility index (Phi) is 10.3. The van der Waals surface area contributed by atoms with Gasteiger partial charge in [0.1, 0.15) is 18.1 Å². The molecule has 4 amide bonds. The highest BCUT2D eigenvalue weighted by atomic mass is 16.4. The number of aliphatic hydroxyl groups excluding tert-OH is 2. The van der Waals surface area contributed by atoms with E-state index < -0.39 is 67.0 Å². The largest absolute Gasteiger partial charge is 0.480 e. The third-order valence-corrected chi connectivity index (χ3v) is 5.38. The fraction of sp³-hybridized carbons (Fsp3) is 0.409. The summed E-state index contributed by atoms with van der Waals surface area (Å²) in [5.74, 6) is -4.81. The molecule has 4 unspecified atom stereocenters. The van der Waals surface area contributed by atoms with Crippen molar-refractivity contribution in [2.24, 2.45) is 11.5 Å². The lowest BCUT2D eigenvalue weighted by Gasteiger charge is -2.24. The van der Waals surface area contributed by atoms with Crippen LogP contribution >= 0.6 is 0 Å². The SMILES string of the molecule is NC(=O)CCC(N)C(=O)NC(CO)C(=O)NC(Cc1c[nH]c2ccccc12)C(=O)NC(CO)C(=O)O. The molecule has 0 spiro atoms. The number of carbonyl (C=O) groups excluding carboxylic acids is 4. The van der Waals surface area contributed by atoms with Crippen LogP contribution in [0.15, 0.2) is 30.5 Å². The van der Waals surface area contributed by atoms with E-state index in [-0.39, 0.29) is 19.3 Å². The lowest BCUT2D eigenvalue weighted by atomic mass is 10.0. The second-order valence-corrected chi connectivity index (χ2v) is 8.06. The van der Waals surface area contributed by atoms with E-state index in [1.54, 1.807) is 30.5 Å². The van der Waals surface area contributed by atoms with Crippen LogP contribution in [0.25, 0.3) is 10.9 Å². The van der Waals surface area contributed by atoms with Gasteiger partial charge in [0.15, 0.2) is 0 Å². The maximum Gasteiger partial charge on any atom is 0.328 e. The first-order valence-electron chi connectivity index (χ1n) is 11.0. The summed E-state index contributed by atoms with van der Waals surface area (Å²) in [5.41, 5.74) is 12.1. The number of amides is 4. The van der Waals surface area contributed by atoms with Gasteiger partial charge < -0.3 is 47.7 Å². The van der Waals surface area contributed by atoms with Crippen molar-refractivity contribution in [3.63, 3.8) is 0 Å². The summed E-state index contributed by atoms with van der Waals surface area (Å²) in [6.07, 6.45) is 1.31. The van der Waals surface area contributed by atoms with Crippen LogP contribution < -0.4 is 27.4 Å². The molecule has 36 heavy (non-hydrogen) atoms. The van der Waals surface area contributed by atoms with Crippen LogP contribution in [0, 0.1) is 0 Å². The van der Waals surface area contributed by atoms with Crippen molar-refractivity contribution in [1.29, 1.82) is 0 Å². The molecule has 0 aliphatic heterocycles. The molecular weight excluding hydrogens is 476 g/mol. The van der Waals surface area contributed by atoms with Gasteiger partial charge >= 0.3 is 5.97 Å². The summed E-state index contributed by atoms with van der Waals surface area (Å²) >= 11 is 0. The minimum Gasteiger partial charge on any atom is -0.480 e. The minimum absolute atomic E-state index is 0.0791. The van der Waals surface area contributed by atoms with Crippen molar-refractivity contribution in [3.8, 4) is 0 Å². The second kappa shape index (κ2) is 13.2. The number of hydrogen-bond acceptors (Lipinski definition) is 8. The molecule has 0 saturated carbocycles. The van der Waals surface area contributed by atoms with Gasteiger partial charge in [-0.15, -0.1) is 0 Å². The van der Waals surface area contributed by atoms with E-state index >= 15 is 0 Å². The Balaban J connectivity index is 2.20. The number of aliphatic carboxylic acids is 1. The highest BCUT2D eigenvalue weighted by molar-refractivity contribution is 5.95. The third-order valence-electron chi connectivity index (χ3n) is 5.38. The zero-order valence-electron chi connectivity index (χ0n) is 19.3. The molecule has 11 N–H and O–H groups in total. The van der Waals surface area contributed by atoms with Gasteiger partial charge in [-0.25, -0.2) is 4.79 Å². The maximum atomic E-state index is 12.9. The van der Waals surface area contributed by atoms with Crippen molar-refractivity contribution in [1.82, 2.24) is 20.9 Å². The molecule has 1 heterocycles. The molecule has 0 aliphatic carbocycles. The number of para-hydroxylation sites is 1. The van der Waals surface area contributed by atoms with Gasteiger partial charge in [0, 0.05) is 29.9 Å². The minimum atomic E-state index is -1.61. The fourth-order valence-electron chi connectivity index (χ4n) is 3.36. The van der Waals surface area contributed by atoms with Gasteiger partial charge in [-0.3, -0.25) is 19.2 Å². The van der Waals surface area contributed by atoms with Crippen LogP contribution in [0.2, 0.25) is 0 Å². The summed E-state index contributed by atoms with van der Waals surface area (Å²) in [7, 11) is 0. The molecule has 0 bridgehead atoms. The average Bonchev–Trinajstić information content (AvgIpc) is 3.25. The Labute approximate surface area is 205 Å². The van der Waals surface area contributed by atoms with Crippen molar-refractivity contribution < 1.29 is 39.3 Å². The normalized spacial score (nSPS) is 14.3. The molecule has 2 aromatic rings. The van der Waals surface area contributed by atoms with E-state index in [0.29, 0.717) is 5.56 Å². The predicted octanol–water partition coefficient (Wildman–Crippen LogP) is -3.17. The average molecular weight is 507 g/mol. The topological polar surface area (TPSA) is 250 Å². The Morgan fingerprint density at radius 1 is 0.889 bits per heavy atom. The first kappa shape index (κ1) is 28.2. The number of fused-ring (bicyclic) bond motifs is 1. The van der Waals surface area contributed by atoms with Gasteiger partial charge in [0.2, 0.25) is 23.6 Å². The monoisotopic (exact) mass is 506 g/mol. The van der Waals surface area contributed by atoms with E-state index in [1.807, 2.05) is 0 Å². The number of aromatic amines is 1. The number of rotatable bonds is 14. The summed E-state index contributed by atoms with van der Waals surface area (Å²) in [6.45, 7) is -1.72. The summed E-state index contributed by atoms with van der Waals surface area (Å²) in [4.78, 5) is 63.1. The van der Waals surface area contributed by atoms with E-state index in [4.69, 9.17) is 16.6 Å². The molecule has 2 rings (SSSR count). The standard InChI is InChI=1S/C22H30N6O8/c23-13(5-6-18(24)31)19(32)27-16(9-29)21(34)26-15(20(33)28-17(10-30)22(35)36)7-11-8-25-14-4-2-1-3-12(11)14/h1-4,8,13,15-17,25,29-30H,5-7,9-10,23H2,(H2,24,31)(H,26,34)(H,27,32)(H,28,33)(H,35,36). The highest BCUT2D eigenvalue weighted by Gasteiger charge is 2.30. The van der Waals surface area contributed by atoms with E-state index in [9.17, 15) is 34.2 Å². The first-order valence-corrected chi connectivity index (χ1v) is 11.0. The molecule has 4 atom stereocenters. The van der Waals surface area contributed by atoms with Crippen LogP contribution in [0.3, 0.4) is 0 Å². The molecule has 14 heteroatoms.